The molecule has 2 aromatic rings. The minimum Gasteiger partial charge on any atom is -0.340 e. The Bertz CT molecular complexity index is 483. The number of hydrogen-bond donors (Lipinski definition) is 1. The molecular formula is C14H25N5. The third kappa shape index (κ3) is 4.85. The van der Waals surface area contributed by atoms with Crippen LogP contribution in [-0.4, -0.2) is 25.0 Å². The van der Waals surface area contributed by atoms with Gasteiger partial charge in [0, 0.05) is 24.1 Å². The molecule has 2 aromatic heterocycles. The van der Waals surface area contributed by atoms with Crippen LogP contribution in [0.4, 0.5) is 0 Å². The first-order chi connectivity index (χ1) is 8.60. The molecular weight excluding hydrogens is 238 g/mol. The van der Waals surface area contributed by atoms with Gasteiger partial charge in [-0.1, -0.05) is 41.5 Å². The van der Waals surface area contributed by atoms with Crippen LogP contribution in [0.5, 0.6) is 0 Å². The first kappa shape index (κ1) is 15.4. The first-order valence-electron chi connectivity index (χ1n) is 6.45. The van der Waals surface area contributed by atoms with Gasteiger partial charge in [0.05, 0.1) is 23.9 Å². The fraction of sp³-hybridized carbons (Fsp3) is 0.643. The molecule has 2 rings (SSSR count). The summed E-state index contributed by atoms with van der Waals surface area (Å²) in [6.45, 7) is 12.8. The van der Waals surface area contributed by atoms with Crippen LogP contribution < -0.4 is 0 Å². The predicted molar refractivity (Wildman–Crippen MR) is 77.0 cm³/mol. The number of hydrogen-bond acceptors (Lipinski definition) is 3. The normalized spacial score (nSPS) is 11.9. The van der Waals surface area contributed by atoms with Gasteiger partial charge in [-0.25, -0.2) is 4.98 Å². The highest BCUT2D eigenvalue weighted by Crippen LogP contribution is 2.18. The number of nitrogens with one attached hydrogen (secondary N) is 1. The lowest BCUT2D eigenvalue weighted by Crippen LogP contribution is -2.11. The Kier molecular flexibility index (Phi) is 4.50. The molecule has 0 unspecified atom stereocenters. The number of nitrogens with zero attached hydrogens (tertiary/aromatic N) is 4. The zero-order chi connectivity index (χ0) is 14.7. The average Bonchev–Trinajstić information content (AvgIpc) is 2.84. The molecule has 0 spiro atoms. The van der Waals surface area contributed by atoms with E-state index in [1.807, 2.05) is 17.9 Å². The van der Waals surface area contributed by atoms with E-state index < -0.39 is 0 Å². The van der Waals surface area contributed by atoms with Gasteiger partial charge >= 0.3 is 0 Å². The molecule has 19 heavy (non-hydrogen) atoms. The second-order valence-electron chi connectivity index (χ2n) is 6.78. The Morgan fingerprint density at radius 1 is 1.00 bits per heavy atom. The number of rotatable bonds is 0. The summed E-state index contributed by atoms with van der Waals surface area (Å²) in [5.74, 6) is 0. The zero-order valence-corrected chi connectivity index (χ0v) is 13.0. The molecule has 0 bridgehead atoms. The summed E-state index contributed by atoms with van der Waals surface area (Å²) in [6, 6.07) is 0. The van der Waals surface area contributed by atoms with Crippen molar-refractivity contribution in [3.8, 4) is 0 Å². The zero-order valence-electron chi connectivity index (χ0n) is 13.0. The molecule has 1 N–H and O–H groups in total. The van der Waals surface area contributed by atoms with Crippen molar-refractivity contribution in [1.29, 1.82) is 0 Å². The largest absolute Gasteiger partial charge is 0.340 e. The molecule has 0 aromatic carbocycles. The first-order valence-corrected chi connectivity index (χ1v) is 6.45. The van der Waals surface area contributed by atoms with Crippen molar-refractivity contribution in [2.45, 2.75) is 52.4 Å². The van der Waals surface area contributed by atoms with E-state index >= 15 is 0 Å². The second kappa shape index (κ2) is 5.55. The molecule has 0 fully saturated rings. The van der Waals surface area contributed by atoms with Crippen molar-refractivity contribution in [3.05, 3.63) is 30.1 Å². The van der Waals surface area contributed by atoms with Gasteiger partial charge in [-0.15, -0.1) is 0 Å². The SMILES string of the molecule is CC(C)(C)c1cn[nH]n1.Cn1cnc(C(C)(C)C)c1. The van der Waals surface area contributed by atoms with Crippen molar-refractivity contribution < 1.29 is 0 Å². The van der Waals surface area contributed by atoms with Crippen molar-refractivity contribution in [2.75, 3.05) is 0 Å². The van der Waals surface area contributed by atoms with E-state index in [9.17, 15) is 0 Å². The Morgan fingerprint density at radius 2 is 1.58 bits per heavy atom. The highest BCUT2D eigenvalue weighted by Gasteiger charge is 2.16. The molecule has 0 amide bonds. The predicted octanol–water partition coefficient (Wildman–Crippen LogP) is 2.82. The summed E-state index contributed by atoms with van der Waals surface area (Å²) in [5.41, 5.74) is 2.45. The fourth-order valence-corrected chi connectivity index (χ4v) is 1.36. The van der Waals surface area contributed by atoms with Crippen LogP contribution in [-0.2, 0) is 17.9 Å². The van der Waals surface area contributed by atoms with Crippen molar-refractivity contribution in [1.82, 2.24) is 25.0 Å². The maximum Gasteiger partial charge on any atom is 0.0947 e. The summed E-state index contributed by atoms with van der Waals surface area (Å²) >= 11 is 0. The Morgan fingerprint density at radius 3 is 1.79 bits per heavy atom. The van der Waals surface area contributed by atoms with Gasteiger partial charge in [-0.3, -0.25) is 0 Å². The fourth-order valence-electron chi connectivity index (χ4n) is 1.36. The molecule has 106 valence electrons. The van der Waals surface area contributed by atoms with E-state index in [0.29, 0.717) is 0 Å². The third-order valence-electron chi connectivity index (χ3n) is 2.66. The van der Waals surface area contributed by atoms with Gasteiger partial charge in [-0.05, 0) is 0 Å². The standard InChI is InChI=1S/C8H14N2.C6H11N3/c1-8(2,3)7-5-10(4)6-9-7;1-6(2,3)5-4-7-9-8-5/h5-6H,1-4H3;4H,1-3H3,(H,7,8,9). The molecule has 0 saturated carbocycles. The van der Waals surface area contributed by atoms with E-state index in [2.05, 4.69) is 68.1 Å². The monoisotopic (exact) mass is 263 g/mol. The lowest BCUT2D eigenvalue weighted by Gasteiger charge is -2.13. The molecule has 0 aliphatic rings. The van der Waals surface area contributed by atoms with Crippen molar-refractivity contribution >= 4 is 0 Å². The van der Waals surface area contributed by atoms with E-state index in [1.165, 1.54) is 0 Å². The molecule has 5 heteroatoms. The van der Waals surface area contributed by atoms with Crippen LogP contribution in [0.1, 0.15) is 52.9 Å². The lowest BCUT2D eigenvalue weighted by atomic mass is 9.93. The Labute approximate surface area is 115 Å². The maximum atomic E-state index is 4.25. The highest BCUT2D eigenvalue weighted by atomic mass is 15.3. The summed E-state index contributed by atoms with van der Waals surface area (Å²) in [4.78, 5) is 4.25. The van der Waals surface area contributed by atoms with Crippen LogP contribution >= 0.6 is 0 Å². The Balaban J connectivity index is 0.000000191. The molecule has 0 atom stereocenters. The van der Waals surface area contributed by atoms with Crippen LogP contribution in [0.15, 0.2) is 18.7 Å². The maximum absolute atomic E-state index is 4.25. The van der Waals surface area contributed by atoms with E-state index in [4.69, 9.17) is 0 Å². The van der Waals surface area contributed by atoms with Gasteiger partial charge in [0.15, 0.2) is 0 Å². The third-order valence-corrected chi connectivity index (χ3v) is 2.66. The molecule has 2 heterocycles. The second-order valence-corrected chi connectivity index (χ2v) is 6.78. The van der Waals surface area contributed by atoms with E-state index in [-0.39, 0.29) is 10.8 Å². The summed E-state index contributed by atoms with van der Waals surface area (Å²) in [5, 5.41) is 10.2. The number of aromatic nitrogens is 5. The number of aromatic amines is 1. The van der Waals surface area contributed by atoms with Crippen LogP contribution in [0.2, 0.25) is 0 Å². The molecule has 0 radical (unpaired) electrons. The molecule has 5 nitrogen and oxygen atoms in total. The topological polar surface area (TPSA) is 59.4 Å². The van der Waals surface area contributed by atoms with Gasteiger partial charge in [-0.2, -0.15) is 15.4 Å². The van der Waals surface area contributed by atoms with Gasteiger partial charge in [0.1, 0.15) is 0 Å². The van der Waals surface area contributed by atoms with Crippen molar-refractivity contribution in [2.24, 2.45) is 7.05 Å². The summed E-state index contributed by atoms with van der Waals surface area (Å²) in [7, 11) is 1.99. The number of H-pyrrole nitrogens is 1. The van der Waals surface area contributed by atoms with E-state index in [1.54, 1.807) is 6.20 Å². The molecule has 0 saturated heterocycles. The van der Waals surface area contributed by atoms with Crippen LogP contribution in [0.25, 0.3) is 0 Å². The van der Waals surface area contributed by atoms with E-state index in [0.717, 1.165) is 11.4 Å². The number of aryl methyl sites for hydroxylation is 1. The van der Waals surface area contributed by atoms with Crippen molar-refractivity contribution in [3.63, 3.8) is 0 Å². The number of imidazole rings is 1. The quantitative estimate of drug-likeness (QED) is 0.795. The molecule has 0 aliphatic carbocycles. The smallest absolute Gasteiger partial charge is 0.0947 e. The molecule has 0 aliphatic heterocycles. The van der Waals surface area contributed by atoms with Gasteiger partial charge in [0.2, 0.25) is 0 Å². The van der Waals surface area contributed by atoms with Crippen LogP contribution in [0, 0.1) is 0 Å². The van der Waals surface area contributed by atoms with Gasteiger partial charge < -0.3 is 4.57 Å². The summed E-state index contributed by atoms with van der Waals surface area (Å²) in [6.07, 6.45) is 5.64. The Hall–Kier alpha value is -1.65. The van der Waals surface area contributed by atoms with Gasteiger partial charge in [0.25, 0.3) is 0 Å². The minimum atomic E-state index is 0.118. The van der Waals surface area contributed by atoms with Crippen LogP contribution in [0.3, 0.4) is 0 Å². The summed E-state index contributed by atoms with van der Waals surface area (Å²) < 4.78 is 1.97. The lowest BCUT2D eigenvalue weighted by molar-refractivity contribution is 0.566. The highest BCUT2D eigenvalue weighted by molar-refractivity contribution is 5.08. The average molecular weight is 263 g/mol. The minimum absolute atomic E-state index is 0.118.